The molecule has 0 spiro atoms. The van der Waals surface area contributed by atoms with Crippen molar-refractivity contribution in [2.24, 2.45) is 11.5 Å². The highest BCUT2D eigenvalue weighted by molar-refractivity contribution is 5.92. The van der Waals surface area contributed by atoms with E-state index in [0.29, 0.717) is 5.75 Å². The minimum absolute atomic E-state index is 0. The van der Waals surface area contributed by atoms with Gasteiger partial charge in [0.2, 0.25) is 11.8 Å². The van der Waals surface area contributed by atoms with Gasteiger partial charge in [-0.05, 0) is 41.8 Å². The lowest BCUT2D eigenvalue weighted by atomic mass is 9.89. The molecule has 174 valence electrons. The molecule has 0 saturated heterocycles. The molecule has 3 aromatic rings. The first kappa shape index (κ1) is 25.9. The molecule has 0 bridgehead atoms. The minimum Gasteiger partial charge on any atom is -0.497 e. The van der Waals surface area contributed by atoms with Crippen LogP contribution in [0.5, 0.6) is 5.75 Å². The maximum atomic E-state index is 14.0. The Hall–Kier alpha value is -3.35. The molecule has 7 heteroatoms. The number of amides is 2. The number of carbonyl (C=O) groups is 2. The lowest BCUT2D eigenvalue weighted by Crippen LogP contribution is -2.50. The molecule has 0 fully saturated rings. The third-order valence-electron chi connectivity index (χ3n) is 5.45. The van der Waals surface area contributed by atoms with Crippen LogP contribution in [0.4, 0.5) is 0 Å². The number of methoxy groups -OCH3 is 1. The predicted octanol–water partition coefficient (Wildman–Crippen LogP) is 3.48. The Kier molecular flexibility index (Phi) is 9.91. The van der Waals surface area contributed by atoms with Gasteiger partial charge in [0.05, 0.1) is 13.0 Å². The van der Waals surface area contributed by atoms with Crippen LogP contribution in [0.2, 0.25) is 0 Å². The van der Waals surface area contributed by atoms with Gasteiger partial charge in [0, 0.05) is 6.54 Å². The van der Waals surface area contributed by atoms with E-state index in [0.717, 1.165) is 16.7 Å². The molecule has 6 nitrogen and oxygen atoms in total. The Labute approximate surface area is 200 Å². The maximum Gasteiger partial charge on any atom is 0.240 e. The number of halogens is 1. The van der Waals surface area contributed by atoms with Crippen molar-refractivity contribution in [3.05, 3.63) is 102 Å². The number of rotatable bonds is 10. The quantitative estimate of drug-likeness (QED) is 0.476. The number of primary amides is 1. The largest absolute Gasteiger partial charge is 0.497 e. The molecule has 0 unspecified atom stereocenters. The lowest BCUT2D eigenvalue weighted by molar-refractivity contribution is -0.140. The molecule has 0 radical (unpaired) electrons. The zero-order chi connectivity index (χ0) is 22.9. The van der Waals surface area contributed by atoms with Crippen molar-refractivity contribution in [1.82, 2.24) is 4.90 Å². The summed E-state index contributed by atoms with van der Waals surface area (Å²) in [7, 11) is 1.60. The highest BCUT2D eigenvalue weighted by Gasteiger charge is 2.34. The van der Waals surface area contributed by atoms with E-state index in [1.165, 1.54) is 0 Å². The molecule has 3 aromatic carbocycles. The summed E-state index contributed by atoms with van der Waals surface area (Å²) in [6, 6.07) is 25.7. The summed E-state index contributed by atoms with van der Waals surface area (Å²) in [5, 5.41) is 0. The molecule has 0 heterocycles. The summed E-state index contributed by atoms with van der Waals surface area (Å²) >= 11 is 0. The van der Waals surface area contributed by atoms with Crippen LogP contribution in [0.3, 0.4) is 0 Å². The van der Waals surface area contributed by atoms with E-state index >= 15 is 0 Å². The normalized spacial score (nSPS) is 11.4. The summed E-state index contributed by atoms with van der Waals surface area (Å²) < 4.78 is 5.23. The molecule has 2 amide bonds. The second kappa shape index (κ2) is 12.6. The Morgan fingerprint density at radius 3 is 1.82 bits per heavy atom. The summed E-state index contributed by atoms with van der Waals surface area (Å²) in [5.74, 6) is -0.630. The molecular formula is C26H30ClN3O3. The van der Waals surface area contributed by atoms with Crippen molar-refractivity contribution in [2.45, 2.75) is 24.9 Å². The van der Waals surface area contributed by atoms with Gasteiger partial charge in [-0.2, -0.15) is 0 Å². The first-order chi connectivity index (χ1) is 15.5. The fourth-order valence-corrected chi connectivity index (χ4v) is 3.81. The van der Waals surface area contributed by atoms with Crippen molar-refractivity contribution in [1.29, 1.82) is 0 Å². The fraction of sp³-hybridized carbons (Fsp3) is 0.231. The van der Waals surface area contributed by atoms with E-state index in [1.807, 2.05) is 84.9 Å². The predicted molar refractivity (Wildman–Crippen MR) is 132 cm³/mol. The van der Waals surface area contributed by atoms with E-state index in [9.17, 15) is 9.59 Å². The molecule has 0 aliphatic carbocycles. The van der Waals surface area contributed by atoms with Crippen molar-refractivity contribution < 1.29 is 14.3 Å². The molecule has 4 N–H and O–H groups in total. The average molecular weight is 468 g/mol. The van der Waals surface area contributed by atoms with Crippen molar-refractivity contribution in [2.75, 3.05) is 13.7 Å². The third-order valence-corrected chi connectivity index (χ3v) is 5.45. The van der Waals surface area contributed by atoms with Gasteiger partial charge in [-0.25, -0.2) is 0 Å². The van der Waals surface area contributed by atoms with Crippen molar-refractivity contribution in [3.63, 3.8) is 0 Å². The number of carbonyl (C=O) groups excluding carboxylic acids is 2. The first-order valence-electron chi connectivity index (χ1n) is 10.6. The second-order valence-corrected chi connectivity index (χ2v) is 7.56. The zero-order valence-corrected chi connectivity index (χ0v) is 19.4. The van der Waals surface area contributed by atoms with E-state index < -0.39 is 17.9 Å². The number of ether oxygens (including phenoxy) is 1. The minimum atomic E-state index is -0.815. The summed E-state index contributed by atoms with van der Waals surface area (Å²) in [6.45, 7) is 0.466. The number of nitrogens with two attached hydrogens (primary N) is 2. The lowest BCUT2D eigenvalue weighted by Gasteiger charge is -2.33. The highest BCUT2D eigenvalue weighted by atomic mass is 35.5. The van der Waals surface area contributed by atoms with Crippen molar-refractivity contribution in [3.8, 4) is 5.75 Å². The van der Waals surface area contributed by atoms with Crippen LogP contribution in [0.1, 0.15) is 29.0 Å². The molecule has 0 saturated carbocycles. The molecular weight excluding hydrogens is 438 g/mol. The first-order valence-corrected chi connectivity index (χ1v) is 10.6. The maximum absolute atomic E-state index is 14.0. The van der Waals surface area contributed by atoms with Crippen LogP contribution >= 0.6 is 12.4 Å². The van der Waals surface area contributed by atoms with Gasteiger partial charge >= 0.3 is 0 Å². The summed E-state index contributed by atoms with van der Waals surface area (Å²) in [5.41, 5.74) is 14.1. The number of hydrogen-bond acceptors (Lipinski definition) is 4. The molecule has 3 rings (SSSR count). The molecule has 0 aliphatic heterocycles. The fourth-order valence-electron chi connectivity index (χ4n) is 3.81. The number of hydrogen-bond donors (Lipinski definition) is 2. The molecule has 1 atom stereocenters. The van der Waals surface area contributed by atoms with E-state index in [2.05, 4.69) is 0 Å². The third kappa shape index (κ3) is 6.57. The second-order valence-electron chi connectivity index (χ2n) is 7.56. The molecule has 0 aromatic heterocycles. The van der Waals surface area contributed by atoms with Gasteiger partial charge in [-0.15, -0.1) is 12.4 Å². The molecule has 33 heavy (non-hydrogen) atoms. The smallest absolute Gasteiger partial charge is 0.240 e. The van der Waals surface area contributed by atoms with Crippen LogP contribution < -0.4 is 16.2 Å². The van der Waals surface area contributed by atoms with Crippen LogP contribution in [0, 0.1) is 0 Å². The Morgan fingerprint density at radius 2 is 1.39 bits per heavy atom. The Balaban J connectivity index is 0.00000385. The number of benzene rings is 3. The standard InChI is InChI=1S/C26H29N3O3.ClH/c1-32-22-14-12-19(13-15-22)18-29(23(16-17-27)25(28)30)26(31)24(20-8-4-2-5-9-20)21-10-6-3-7-11-21;/h2-15,23-24H,16-18,27H2,1H3,(H2,28,30);1H/t23-;/m1./s1. The van der Waals surface area contributed by atoms with Gasteiger partial charge in [-0.1, -0.05) is 72.8 Å². The van der Waals surface area contributed by atoms with Crippen LogP contribution in [0.25, 0.3) is 0 Å². The van der Waals surface area contributed by atoms with Crippen LogP contribution in [0.15, 0.2) is 84.9 Å². The van der Waals surface area contributed by atoms with Crippen LogP contribution in [-0.2, 0) is 16.1 Å². The summed E-state index contributed by atoms with van der Waals surface area (Å²) in [4.78, 5) is 28.0. The van der Waals surface area contributed by atoms with E-state index in [-0.39, 0.29) is 37.8 Å². The van der Waals surface area contributed by atoms with E-state index in [1.54, 1.807) is 12.0 Å². The summed E-state index contributed by atoms with van der Waals surface area (Å²) in [6.07, 6.45) is 0.285. The molecule has 0 aliphatic rings. The van der Waals surface area contributed by atoms with Crippen LogP contribution in [-0.4, -0.2) is 36.4 Å². The Bertz CT molecular complexity index is 974. The van der Waals surface area contributed by atoms with E-state index in [4.69, 9.17) is 16.2 Å². The Morgan fingerprint density at radius 1 is 0.879 bits per heavy atom. The van der Waals surface area contributed by atoms with Gasteiger partial charge in [-0.3, -0.25) is 9.59 Å². The zero-order valence-electron chi connectivity index (χ0n) is 18.6. The van der Waals surface area contributed by atoms with Gasteiger partial charge in [0.15, 0.2) is 0 Å². The van der Waals surface area contributed by atoms with Gasteiger partial charge < -0.3 is 21.1 Å². The van der Waals surface area contributed by atoms with Gasteiger partial charge in [0.25, 0.3) is 0 Å². The highest BCUT2D eigenvalue weighted by Crippen LogP contribution is 2.29. The van der Waals surface area contributed by atoms with Gasteiger partial charge in [0.1, 0.15) is 11.8 Å². The topological polar surface area (TPSA) is 98.7 Å². The number of nitrogens with zero attached hydrogens (tertiary/aromatic N) is 1. The monoisotopic (exact) mass is 467 g/mol. The average Bonchev–Trinajstić information content (AvgIpc) is 2.83. The SMILES string of the molecule is COc1ccc(CN(C(=O)C(c2ccccc2)c2ccccc2)[C@H](CCN)C(N)=O)cc1.Cl. The van der Waals surface area contributed by atoms with Crippen molar-refractivity contribution >= 4 is 24.2 Å².